The van der Waals surface area contributed by atoms with Gasteiger partial charge in [-0.1, -0.05) is 30.3 Å². The van der Waals surface area contributed by atoms with Gasteiger partial charge in [-0.2, -0.15) is 0 Å². The molecule has 152 valence electrons. The summed E-state index contributed by atoms with van der Waals surface area (Å²) in [6.45, 7) is 4.34. The first-order valence-electron chi connectivity index (χ1n) is 10.2. The normalized spacial score (nSPS) is 17.0. The van der Waals surface area contributed by atoms with E-state index < -0.39 is 0 Å². The Labute approximate surface area is 175 Å². The highest BCUT2D eigenvalue weighted by atomic mass is 16.2. The minimum absolute atomic E-state index is 0.0275. The van der Waals surface area contributed by atoms with Crippen molar-refractivity contribution in [2.24, 2.45) is 5.92 Å². The van der Waals surface area contributed by atoms with Gasteiger partial charge in [-0.25, -0.2) is 19.9 Å². The van der Waals surface area contributed by atoms with E-state index in [4.69, 9.17) is 0 Å². The van der Waals surface area contributed by atoms with Crippen molar-refractivity contribution < 1.29 is 4.79 Å². The third-order valence-corrected chi connectivity index (χ3v) is 5.70. The second-order valence-corrected chi connectivity index (χ2v) is 7.59. The molecule has 5 rings (SSSR count). The predicted octanol–water partition coefficient (Wildman–Crippen LogP) is 1.72. The van der Waals surface area contributed by atoms with Crippen LogP contribution in [0.3, 0.4) is 0 Å². The molecule has 2 aromatic heterocycles. The van der Waals surface area contributed by atoms with Gasteiger partial charge in [0.2, 0.25) is 11.9 Å². The molecule has 1 amide bonds. The average Bonchev–Trinajstić information content (AvgIpc) is 2.79. The van der Waals surface area contributed by atoms with Gasteiger partial charge in [-0.05, 0) is 6.07 Å². The van der Waals surface area contributed by atoms with Gasteiger partial charge < -0.3 is 14.7 Å². The van der Waals surface area contributed by atoms with Crippen molar-refractivity contribution in [3.8, 4) is 11.3 Å². The first kappa shape index (κ1) is 18.5. The minimum Gasteiger partial charge on any atom is -0.355 e. The van der Waals surface area contributed by atoms with Crippen LogP contribution in [0, 0.1) is 5.92 Å². The van der Waals surface area contributed by atoms with Gasteiger partial charge in [0.15, 0.2) is 0 Å². The van der Waals surface area contributed by atoms with Gasteiger partial charge in [-0.3, -0.25) is 4.79 Å². The summed E-state index contributed by atoms with van der Waals surface area (Å²) in [7, 11) is 0. The number of carbonyl (C=O) groups is 1. The van der Waals surface area contributed by atoms with Crippen LogP contribution in [-0.2, 0) is 4.79 Å². The lowest BCUT2D eigenvalue weighted by molar-refractivity contribution is -0.136. The number of hydrogen-bond acceptors (Lipinski definition) is 7. The van der Waals surface area contributed by atoms with E-state index in [0.717, 1.165) is 36.1 Å². The van der Waals surface area contributed by atoms with Crippen molar-refractivity contribution >= 4 is 17.7 Å². The van der Waals surface area contributed by atoms with Gasteiger partial charge in [0.05, 0.1) is 11.6 Å². The van der Waals surface area contributed by atoms with Gasteiger partial charge in [0.1, 0.15) is 12.1 Å². The van der Waals surface area contributed by atoms with Crippen LogP contribution in [0.4, 0.5) is 11.8 Å². The molecule has 0 aliphatic carbocycles. The molecule has 0 saturated carbocycles. The molecule has 8 nitrogen and oxygen atoms in total. The lowest BCUT2D eigenvalue weighted by Crippen LogP contribution is -2.58. The smallest absolute Gasteiger partial charge is 0.229 e. The Morgan fingerprint density at radius 3 is 2.30 bits per heavy atom. The highest BCUT2D eigenvalue weighted by molar-refractivity contribution is 5.82. The first-order valence-corrected chi connectivity index (χ1v) is 10.2. The Bertz CT molecular complexity index is 1000. The second kappa shape index (κ2) is 8.06. The number of nitrogens with zero attached hydrogens (tertiary/aromatic N) is 7. The number of anilines is 2. The molecule has 1 aromatic carbocycles. The summed E-state index contributed by atoms with van der Waals surface area (Å²) in [6.07, 6.45) is 5.09. The Morgan fingerprint density at radius 1 is 0.833 bits per heavy atom. The van der Waals surface area contributed by atoms with Crippen LogP contribution in [0.5, 0.6) is 0 Å². The van der Waals surface area contributed by atoms with Crippen molar-refractivity contribution in [3.05, 3.63) is 61.2 Å². The first-order chi connectivity index (χ1) is 14.8. The van der Waals surface area contributed by atoms with Gasteiger partial charge in [0, 0.05) is 63.3 Å². The Kier molecular flexibility index (Phi) is 4.96. The van der Waals surface area contributed by atoms with Crippen molar-refractivity contribution in [2.45, 2.75) is 0 Å². The molecule has 2 fully saturated rings. The standard InChI is InChI=1S/C22H23N7O/c30-21(27-9-11-28(12-10-27)22-23-7-4-8-24-22)18-14-29(15-18)20-13-19(25-16-26-20)17-5-2-1-3-6-17/h1-8,13,16,18H,9-12,14-15H2. The van der Waals surface area contributed by atoms with Crippen LogP contribution in [0.1, 0.15) is 0 Å². The third-order valence-electron chi connectivity index (χ3n) is 5.70. The summed E-state index contributed by atoms with van der Waals surface area (Å²) in [4.78, 5) is 36.5. The average molecular weight is 401 g/mol. The molecule has 0 N–H and O–H groups in total. The van der Waals surface area contributed by atoms with Crippen LogP contribution in [-0.4, -0.2) is 70.0 Å². The van der Waals surface area contributed by atoms with Crippen LogP contribution >= 0.6 is 0 Å². The van der Waals surface area contributed by atoms with E-state index in [1.165, 1.54) is 0 Å². The second-order valence-electron chi connectivity index (χ2n) is 7.59. The monoisotopic (exact) mass is 401 g/mol. The van der Waals surface area contributed by atoms with Crippen LogP contribution in [0.15, 0.2) is 61.2 Å². The quantitative estimate of drug-likeness (QED) is 0.659. The van der Waals surface area contributed by atoms with Crippen LogP contribution in [0.2, 0.25) is 0 Å². The van der Waals surface area contributed by atoms with Crippen molar-refractivity contribution in [2.75, 3.05) is 49.1 Å². The van der Waals surface area contributed by atoms with E-state index in [-0.39, 0.29) is 11.8 Å². The SMILES string of the molecule is O=C(C1CN(c2cc(-c3ccccc3)ncn2)C1)N1CCN(c2ncccn2)CC1. The molecule has 0 spiro atoms. The van der Waals surface area contributed by atoms with E-state index in [9.17, 15) is 4.79 Å². The summed E-state index contributed by atoms with van der Waals surface area (Å²) in [5, 5.41) is 0. The Balaban J connectivity index is 1.16. The summed E-state index contributed by atoms with van der Waals surface area (Å²) in [6, 6.07) is 13.9. The topological polar surface area (TPSA) is 78.4 Å². The maximum atomic E-state index is 12.9. The number of carbonyl (C=O) groups excluding carboxylic acids is 1. The molecule has 0 atom stereocenters. The fraction of sp³-hybridized carbons (Fsp3) is 0.318. The number of amides is 1. The maximum Gasteiger partial charge on any atom is 0.229 e. The number of rotatable bonds is 4. The number of benzene rings is 1. The minimum atomic E-state index is 0.0275. The zero-order valence-corrected chi connectivity index (χ0v) is 16.6. The van der Waals surface area contributed by atoms with Crippen molar-refractivity contribution in [1.82, 2.24) is 24.8 Å². The summed E-state index contributed by atoms with van der Waals surface area (Å²) >= 11 is 0. The lowest BCUT2D eigenvalue weighted by Gasteiger charge is -2.43. The molecule has 0 unspecified atom stereocenters. The molecule has 0 radical (unpaired) electrons. The van der Waals surface area contributed by atoms with Gasteiger partial charge in [-0.15, -0.1) is 0 Å². The lowest BCUT2D eigenvalue weighted by atomic mass is 9.97. The Hall–Kier alpha value is -3.55. The molecule has 30 heavy (non-hydrogen) atoms. The highest BCUT2D eigenvalue weighted by Gasteiger charge is 2.37. The predicted molar refractivity (Wildman–Crippen MR) is 114 cm³/mol. The molecule has 4 heterocycles. The largest absolute Gasteiger partial charge is 0.355 e. The van der Waals surface area contributed by atoms with E-state index >= 15 is 0 Å². The number of aromatic nitrogens is 4. The molecular formula is C22H23N7O. The molecule has 2 aliphatic rings. The fourth-order valence-corrected chi connectivity index (χ4v) is 3.95. The maximum absolute atomic E-state index is 12.9. The molecular weight excluding hydrogens is 378 g/mol. The summed E-state index contributed by atoms with van der Waals surface area (Å²) in [5.74, 6) is 1.87. The van der Waals surface area contributed by atoms with E-state index in [2.05, 4.69) is 29.7 Å². The van der Waals surface area contributed by atoms with E-state index in [1.54, 1.807) is 18.7 Å². The highest BCUT2D eigenvalue weighted by Crippen LogP contribution is 2.27. The number of piperazine rings is 1. The molecule has 8 heteroatoms. The molecule has 0 bridgehead atoms. The third kappa shape index (κ3) is 3.68. The molecule has 2 aliphatic heterocycles. The van der Waals surface area contributed by atoms with E-state index in [1.807, 2.05) is 47.4 Å². The van der Waals surface area contributed by atoms with Gasteiger partial charge in [0.25, 0.3) is 0 Å². The van der Waals surface area contributed by atoms with Crippen molar-refractivity contribution in [1.29, 1.82) is 0 Å². The summed E-state index contributed by atoms with van der Waals surface area (Å²) < 4.78 is 0. The van der Waals surface area contributed by atoms with Crippen molar-refractivity contribution in [3.63, 3.8) is 0 Å². The fourth-order valence-electron chi connectivity index (χ4n) is 3.95. The van der Waals surface area contributed by atoms with Gasteiger partial charge >= 0.3 is 0 Å². The zero-order valence-electron chi connectivity index (χ0n) is 16.6. The number of hydrogen-bond donors (Lipinski definition) is 0. The zero-order chi connectivity index (χ0) is 20.3. The van der Waals surface area contributed by atoms with Crippen LogP contribution < -0.4 is 9.80 Å². The Morgan fingerprint density at radius 2 is 1.57 bits per heavy atom. The molecule has 3 aromatic rings. The summed E-state index contributed by atoms with van der Waals surface area (Å²) in [5.41, 5.74) is 1.96. The molecule has 2 saturated heterocycles. The van der Waals surface area contributed by atoms with Crippen LogP contribution in [0.25, 0.3) is 11.3 Å². The van der Waals surface area contributed by atoms with E-state index in [0.29, 0.717) is 26.2 Å².